The lowest BCUT2D eigenvalue weighted by Crippen LogP contribution is -2.06. The second-order valence-electron chi connectivity index (χ2n) is 4.54. The quantitative estimate of drug-likeness (QED) is 0.789. The third-order valence-corrected chi connectivity index (χ3v) is 3.33. The lowest BCUT2D eigenvalue weighted by molar-refractivity contribution is 0.0992. The van der Waals surface area contributed by atoms with Gasteiger partial charge in [0.05, 0.1) is 12.1 Å². The van der Waals surface area contributed by atoms with E-state index in [0.29, 0.717) is 11.3 Å². The van der Waals surface area contributed by atoms with Crippen LogP contribution in [0.4, 0.5) is 4.39 Å². The van der Waals surface area contributed by atoms with Crippen LogP contribution < -0.4 is 4.74 Å². The van der Waals surface area contributed by atoms with Crippen LogP contribution in [0.5, 0.6) is 5.75 Å². The molecule has 0 aliphatic heterocycles. The van der Waals surface area contributed by atoms with Crippen LogP contribution in [0.2, 0.25) is 5.02 Å². The zero-order valence-electron chi connectivity index (χ0n) is 11.2. The Morgan fingerprint density at radius 2 is 2.00 bits per heavy atom. The average Bonchev–Trinajstić information content (AvgIpc) is 2.38. The lowest BCUT2D eigenvalue weighted by Gasteiger charge is -2.09. The largest absolute Gasteiger partial charge is 0.496 e. The maximum absolute atomic E-state index is 13.0. The van der Waals surface area contributed by atoms with Gasteiger partial charge in [-0.3, -0.25) is 4.79 Å². The molecular formula is C16H14ClFO2. The van der Waals surface area contributed by atoms with Crippen molar-refractivity contribution in [1.82, 2.24) is 0 Å². The number of aryl methyl sites for hydroxylation is 1. The number of hydrogen-bond acceptors (Lipinski definition) is 2. The van der Waals surface area contributed by atoms with Crippen LogP contribution in [-0.4, -0.2) is 12.9 Å². The molecule has 0 heterocycles. The van der Waals surface area contributed by atoms with Crippen LogP contribution in [0.1, 0.15) is 21.5 Å². The molecule has 2 aromatic rings. The van der Waals surface area contributed by atoms with Crippen molar-refractivity contribution < 1.29 is 13.9 Å². The summed E-state index contributed by atoms with van der Waals surface area (Å²) in [5.41, 5.74) is 2.15. The third-order valence-electron chi connectivity index (χ3n) is 3.02. The van der Waals surface area contributed by atoms with Crippen molar-refractivity contribution in [3.05, 3.63) is 63.9 Å². The molecular weight excluding hydrogens is 279 g/mol. The minimum absolute atomic E-state index is 0.126. The summed E-state index contributed by atoms with van der Waals surface area (Å²) in [7, 11) is 1.56. The molecule has 0 aromatic heterocycles. The molecule has 2 rings (SSSR count). The van der Waals surface area contributed by atoms with E-state index in [0.717, 1.165) is 17.2 Å². The van der Waals surface area contributed by atoms with Crippen molar-refractivity contribution >= 4 is 17.4 Å². The van der Waals surface area contributed by atoms with E-state index < -0.39 is 5.82 Å². The van der Waals surface area contributed by atoms with Gasteiger partial charge in [-0.1, -0.05) is 29.3 Å². The zero-order valence-corrected chi connectivity index (χ0v) is 12.0. The van der Waals surface area contributed by atoms with Gasteiger partial charge < -0.3 is 4.74 Å². The van der Waals surface area contributed by atoms with Gasteiger partial charge in [0.15, 0.2) is 5.78 Å². The van der Waals surface area contributed by atoms with Gasteiger partial charge >= 0.3 is 0 Å². The minimum Gasteiger partial charge on any atom is -0.496 e. The van der Waals surface area contributed by atoms with Gasteiger partial charge in [-0.2, -0.15) is 0 Å². The number of carbonyl (C=O) groups excluding carboxylic acids is 1. The molecule has 0 atom stereocenters. The Morgan fingerprint density at radius 3 is 2.65 bits per heavy atom. The topological polar surface area (TPSA) is 26.3 Å². The van der Waals surface area contributed by atoms with Gasteiger partial charge in [0.25, 0.3) is 0 Å². The van der Waals surface area contributed by atoms with E-state index in [-0.39, 0.29) is 17.2 Å². The summed E-state index contributed by atoms with van der Waals surface area (Å²) in [6.45, 7) is 1.94. The van der Waals surface area contributed by atoms with Gasteiger partial charge in [-0.05, 0) is 31.2 Å². The molecule has 0 fully saturated rings. The molecule has 0 saturated heterocycles. The fourth-order valence-electron chi connectivity index (χ4n) is 2.03. The Bertz CT molecular complexity index is 653. The Kier molecular flexibility index (Phi) is 4.40. The van der Waals surface area contributed by atoms with Crippen LogP contribution in [0.25, 0.3) is 0 Å². The van der Waals surface area contributed by atoms with Gasteiger partial charge in [0.2, 0.25) is 0 Å². The first-order chi connectivity index (χ1) is 9.51. The van der Waals surface area contributed by atoms with E-state index in [4.69, 9.17) is 16.3 Å². The SMILES string of the molecule is COc1ccc(C)cc1CC(=O)c1ccc(F)cc1Cl. The molecule has 0 aliphatic carbocycles. The molecule has 20 heavy (non-hydrogen) atoms. The standard InChI is InChI=1S/C16H14ClFO2/c1-10-3-6-16(20-2)11(7-10)8-15(19)13-5-4-12(18)9-14(13)17/h3-7,9H,8H2,1-2H3. The number of ketones is 1. The maximum atomic E-state index is 13.0. The van der Waals surface area contributed by atoms with E-state index in [1.165, 1.54) is 12.1 Å². The molecule has 0 unspecified atom stereocenters. The number of Topliss-reactive ketones (excluding diaryl/α,β-unsaturated/α-hetero) is 1. The molecule has 4 heteroatoms. The molecule has 0 amide bonds. The lowest BCUT2D eigenvalue weighted by atomic mass is 10.0. The molecule has 0 saturated carbocycles. The molecule has 0 N–H and O–H groups in total. The molecule has 104 valence electrons. The highest BCUT2D eigenvalue weighted by molar-refractivity contribution is 6.34. The average molecular weight is 293 g/mol. The second kappa shape index (κ2) is 6.06. The monoisotopic (exact) mass is 292 g/mol. The minimum atomic E-state index is -0.459. The summed E-state index contributed by atoms with van der Waals surface area (Å²) in [6.07, 6.45) is 0.163. The van der Waals surface area contributed by atoms with Gasteiger partial charge in [0.1, 0.15) is 11.6 Å². The fraction of sp³-hybridized carbons (Fsp3) is 0.188. The highest BCUT2D eigenvalue weighted by Crippen LogP contribution is 2.24. The van der Waals surface area contributed by atoms with E-state index >= 15 is 0 Å². The van der Waals surface area contributed by atoms with Gasteiger partial charge in [0, 0.05) is 17.5 Å². The van der Waals surface area contributed by atoms with Crippen molar-refractivity contribution in [2.24, 2.45) is 0 Å². The van der Waals surface area contributed by atoms with Crippen molar-refractivity contribution in [2.45, 2.75) is 13.3 Å². The smallest absolute Gasteiger partial charge is 0.168 e. The number of benzene rings is 2. The predicted molar refractivity (Wildman–Crippen MR) is 77.2 cm³/mol. The molecule has 0 radical (unpaired) electrons. The molecule has 0 bridgehead atoms. The Hall–Kier alpha value is -1.87. The Labute approximate surface area is 122 Å². The number of ether oxygens (including phenoxy) is 1. The summed E-state index contributed by atoms with van der Waals surface area (Å²) >= 11 is 5.90. The first-order valence-electron chi connectivity index (χ1n) is 6.13. The second-order valence-corrected chi connectivity index (χ2v) is 4.95. The number of rotatable bonds is 4. The van der Waals surface area contributed by atoms with Gasteiger partial charge in [-0.15, -0.1) is 0 Å². The highest BCUT2D eigenvalue weighted by atomic mass is 35.5. The van der Waals surface area contributed by atoms with E-state index in [9.17, 15) is 9.18 Å². The zero-order chi connectivity index (χ0) is 14.7. The third kappa shape index (κ3) is 3.17. The predicted octanol–water partition coefficient (Wildman–Crippen LogP) is 4.22. The number of halogens is 2. The summed E-state index contributed by atoms with van der Waals surface area (Å²) in [6, 6.07) is 9.41. The van der Waals surface area contributed by atoms with Crippen molar-refractivity contribution in [1.29, 1.82) is 0 Å². The summed E-state index contributed by atoms with van der Waals surface area (Å²) in [4.78, 5) is 12.3. The summed E-state index contributed by atoms with van der Waals surface area (Å²) < 4.78 is 18.2. The molecule has 2 nitrogen and oxygen atoms in total. The first kappa shape index (κ1) is 14.5. The normalized spacial score (nSPS) is 10.4. The van der Waals surface area contributed by atoms with E-state index in [2.05, 4.69) is 0 Å². The molecule has 2 aromatic carbocycles. The maximum Gasteiger partial charge on any atom is 0.168 e. The van der Waals surface area contributed by atoms with Crippen LogP contribution in [-0.2, 0) is 6.42 Å². The van der Waals surface area contributed by atoms with Gasteiger partial charge in [-0.25, -0.2) is 4.39 Å². The molecule has 0 aliphatic rings. The van der Waals surface area contributed by atoms with Crippen LogP contribution in [0, 0.1) is 12.7 Å². The van der Waals surface area contributed by atoms with Crippen molar-refractivity contribution in [3.8, 4) is 5.75 Å². The van der Waals surface area contributed by atoms with Crippen molar-refractivity contribution in [3.63, 3.8) is 0 Å². The Balaban J connectivity index is 2.30. The van der Waals surface area contributed by atoms with Crippen LogP contribution in [0.3, 0.4) is 0 Å². The van der Waals surface area contributed by atoms with Crippen LogP contribution >= 0.6 is 11.6 Å². The van der Waals surface area contributed by atoms with Crippen molar-refractivity contribution in [2.75, 3.05) is 7.11 Å². The van der Waals surface area contributed by atoms with E-state index in [1.807, 2.05) is 25.1 Å². The molecule has 0 spiro atoms. The Morgan fingerprint density at radius 1 is 1.25 bits per heavy atom. The number of methoxy groups -OCH3 is 1. The van der Waals surface area contributed by atoms with Crippen LogP contribution in [0.15, 0.2) is 36.4 Å². The highest BCUT2D eigenvalue weighted by Gasteiger charge is 2.14. The number of hydrogen-bond donors (Lipinski definition) is 0. The summed E-state index contributed by atoms with van der Waals surface area (Å²) in [5, 5.41) is 0.126. The first-order valence-corrected chi connectivity index (χ1v) is 6.51. The number of carbonyl (C=O) groups is 1. The summed E-state index contributed by atoms with van der Waals surface area (Å²) in [5.74, 6) is 0.0285. The van der Waals surface area contributed by atoms with E-state index in [1.54, 1.807) is 7.11 Å². The fourth-order valence-corrected chi connectivity index (χ4v) is 2.30.